The first-order chi connectivity index (χ1) is 4.14. The normalized spacial score (nSPS) is 33.0. The van der Waals surface area contributed by atoms with Gasteiger partial charge < -0.3 is 5.32 Å². The van der Waals surface area contributed by atoms with Crippen LogP contribution in [-0.2, 0) is 0 Å². The minimum atomic E-state index is 0.355. The summed E-state index contributed by atoms with van der Waals surface area (Å²) in [6, 6.07) is 0. The van der Waals surface area contributed by atoms with Crippen molar-refractivity contribution in [3.63, 3.8) is 0 Å². The molecular formula is C7H16N2. The number of hydrogen-bond acceptors (Lipinski definition) is 2. The summed E-state index contributed by atoms with van der Waals surface area (Å²) in [5.41, 5.74) is 0.355. The van der Waals surface area contributed by atoms with Crippen LogP contribution < -0.4 is 10.6 Å². The molecule has 54 valence electrons. The molecule has 0 aromatic carbocycles. The smallest absolute Gasteiger partial charge is 0.0573 e. The molecule has 2 N–H and O–H groups in total. The van der Waals surface area contributed by atoms with Crippen LogP contribution in [0.4, 0.5) is 0 Å². The van der Waals surface area contributed by atoms with Gasteiger partial charge in [0.2, 0.25) is 0 Å². The van der Waals surface area contributed by atoms with Gasteiger partial charge in [0.05, 0.1) is 6.17 Å². The summed E-state index contributed by atoms with van der Waals surface area (Å²) in [5, 5.41) is 6.68. The first-order valence-electron chi connectivity index (χ1n) is 3.59. The third kappa shape index (κ3) is 1.66. The predicted octanol–water partition coefficient (Wildman–Crippen LogP) is 0.694. The molecule has 9 heavy (non-hydrogen) atoms. The highest BCUT2D eigenvalue weighted by Crippen LogP contribution is 2.19. The third-order valence-corrected chi connectivity index (χ3v) is 1.97. The molecule has 2 nitrogen and oxygen atoms in total. The van der Waals surface area contributed by atoms with E-state index in [1.807, 2.05) is 7.05 Å². The van der Waals surface area contributed by atoms with E-state index in [1.54, 1.807) is 0 Å². The standard InChI is InChI=1S/C7H16N2/c1-7(2)5-4-6(8-3)9-7/h6,8-9H,4-5H2,1-3H3. The van der Waals surface area contributed by atoms with Crippen LogP contribution in [0.2, 0.25) is 0 Å². The van der Waals surface area contributed by atoms with E-state index < -0.39 is 0 Å². The fraction of sp³-hybridized carbons (Fsp3) is 1.00. The predicted molar refractivity (Wildman–Crippen MR) is 39.3 cm³/mol. The Morgan fingerprint density at radius 2 is 2.22 bits per heavy atom. The molecule has 1 heterocycles. The van der Waals surface area contributed by atoms with Gasteiger partial charge in [0.25, 0.3) is 0 Å². The van der Waals surface area contributed by atoms with Gasteiger partial charge in [-0.25, -0.2) is 0 Å². The Kier molecular flexibility index (Phi) is 1.78. The Morgan fingerprint density at radius 3 is 2.44 bits per heavy atom. The summed E-state index contributed by atoms with van der Waals surface area (Å²) < 4.78 is 0. The Morgan fingerprint density at radius 1 is 1.56 bits per heavy atom. The molecule has 0 radical (unpaired) electrons. The van der Waals surface area contributed by atoms with Gasteiger partial charge in [-0.15, -0.1) is 0 Å². The largest absolute Gasteiger partial charge is 0.305 e. The molecule has 0 spiro atoms. The summed E-state index contributed by atoms with van der Waals surface area (Å²) in [6.45, 7) is 4.48. The Hall–Kier alpha value is -0.0800. The van der Waals surface area contributed by atoms with Crippen LogP contribution in [0.3, 0.4) is 0 Å². The van der Waals surface area contributed by atoms with Crippen LogP contribution in [0.1, 0.15) is 26.7 Å². The highest BCUT2D eigenvalue weighted by Gasteiger charge is 2.28. The van der Waals surface area contributed by atoms with Gasteiger partial charge in [-0.3, -0.25) is 5.32 Å². The monoisotopic (exact) mass is 128 g/mol. The zero-order valence-electron chi connectivity index (χ0n) is 6.49. The Balaban J connectivity index is 2.38. The molecule has 0 amide bonds. The molecule has 0 bridgehead atoms. The van der Waals surface area contributed by atoms with Gasteiger partial charge in [-0.2, -0.15) is 0 Å². The van der Waals surface area contributed by atoms with E-state index in [4.69, 9.17) is 0 Å². The lowest BCUT2D eigenvalue weighted by atomic mass is 10.0. The van der Waals surface area contributed by atoms with Crippen molar-refractivity contribution >= 4 is 0 Å². The molecule has 1 aliphatic heterocycles. The fourth-order valence-corrected chi connectivity index (χ4v) is 1.34. The van der Waals surface area contributed by atoms with E-state index >= 15 is 0 Å². The fourth-order valence-electron chi connectivity index (χ4n) is 1.34. The minimum absolute atomic E-state index is 0.355. The van der Waals surface area contributed by atoms with Crippen molar-refractivity contribution < 1.29 is 0 Å². The summed E-state index contributed by atoms with van der Waals surface area (Å²) in [7, 11) is 2.00. The van der Waals surface area contributed by atoms with Gasteiger partial charge in [-0.1, -0.05) is 0 Å². The second-order valence-corrected chi connectivity index (χ2v) is 3.41. The van der Waals surface area contributed by atoms with E-state index in [0.29, 0.717) is 11.7 Å². The van der Waals surface area contributed by atoms with Crippen molar-refractivity contribution in [1.29, 1.82) is 0 Å². The van der Waals surface area contributed by atoms with Crippen molar-refractivity contribution in [3.8, 4) is 0 Å². The lowest BCUT2D eigenvalue weighted by Crippen LogP contribution is -2.43. The molecule has 1 unspecified atom stereocenters. The molecule has 0 saturated carbocycles. The van der Waals surface area contributed by atoms with Crippen molar-refractivity contribution in [2.45, 2.75) is 38.4 Å². The third-order valence-electron chi connectivity index (χ3n) is 1.97. The maximum absolute atomic E-state index is 3.47. The van der Waals surface area contributed by atoms with Gasteiger partial charge in [0.1, 0.15) is 0 Å². The molecule has 2 heteroatoms. The summed E-state index contributed by atoms with van der Waals surface area (Å²) in [5.74, 6) is 0. The maximum Gasteiger partial charge on any atom is 0.0573 e. The van der Waals surface area contributed by atoms with Crippen LogP contribution in [0.15, 0.2) is 0 Å². The SMILES string of the molecule is CNC1CCC(C)(C)N1. The van der Waals surface area contributed by atoms with E-state index in [-0.39, 0.29) is 0 Å². The van der Waals surface area contributed by atoms with Gasteiger partial charge in [0.15, 0.2) is 0 Å². The zero-order chi connectivity index (χ0) is 6.91. The first kappa shape index (κ1) is 7.03. The van der Waals surface area contributed by atoms with Crippen molar-refractivity contribution in [1.82, 2.24) is 10.6 Å². The molecule has 1 rings (SSSR count). The molecule has 1 aliphatic rings. The molecule has 0 aliphatic carbocycles. The molecule has 0 aromatic rings. The van der Waals surface area contributed by atoms with E-state index in [1.165, 1.54) is 12.8 Å². The number of rotatable bonds is 1. The summed E-state index contributed by atoms with van der Waals surface area (Å²) >= 11 is 0. The van der Waals surface area contributed by atoms with Crippen molar-refractivity contribution in [2.24, 2.45) is 0 Å². The van der Waals surface area contributed by atoms with Crippen LogP contribution in [-0.4, -0.2) is 18.8 Å². The molecule has 1 fully saturated rings. The maximum atomic E-state index is 3.47. The van der Waals surface area contributed by atoms with Crippen molar-refractivity contribution in [2.75, 3.05) is 7.05 Å². The van der Waals surface area contributed by atoms with E-state index in [2.05, 4.69) is 24.5 Å². The Bertz CT molecular complexity index is 99.1. The summed E-state index contributed by atoms with van der Waals surface area (Å²) in [4.78, 5) is 0. The van der Waals surface area contributed by atoms with Gasteiger partial charge in [0, 0.05) is 5.54 Å². The molecule has 1 atom stereocenters. The second-order valence-electron chi connectivity index (χ2n) is 3.41. The molecule has 0 aromatic heterocycles. The topological polar surface area (TPSA) is 24.1 Å². The lowest BCUT2D eigenvalue weighted by Gasteiger charge is -2.19. The average Bonchev–Trinajstić information content (AvgIpc) is 2.10. The highest BCUT2D eigenvalue weighted by molar-refractivity contribution is 4.88. The van der Waals surface area contributed by atoms with Crippen LogP contribution in [0, 0.1) is 0 Å². The summed E-state index contributed by atoms with van der Waals surface area (Å²) in [6.07, 6.45) is 3.07. The number of hydrogen-bond donors (Lipinski definition) is 2. The second kappa shape index (κ2) is 2.27. The zero-order valence-corrected chi connectivity index (χ0v) is 6.49. The quantitative estimate of drug-likeness (QED) is 0.543. The average molecular weight is 128 g/mol. The van der Waals surface area contributed by atoms with Gasteiger partial charge >= 0.3 is 0 Å². The molecule has 1 saturated heterocycles. The van der Waals surface area contributed by atoms with Crippen LogP contribution >= 0.6 is 0 Å². The van der Waals surface area contributed by atoms with Crippen molar-refractivity contribution in [3.05, 3.63) is 0 Å². The minimum Gasteiger partial charge on any atom is -0.305 e. The molecular weight excluding hydrogens is 112 g/mol. The van der Waals surface area contributed by atoms with Crippen LogP contribution in [0.5, 0.6) is 0 Å². The first-order valence-corrected chi connectivity index (χ1v) is 3.59. The van der Waals surface area contributed by atoms with Crippen LogP contribution in [0.25, 0.3) is 0 Å². The van der Waals surface area contributed by atoms with E-state index in [0.717, 1.165) is 0 Å². The number of nitrogens with one attached hydrogen (secondary N) is 2. The lowest BCUT2D eigenvalue weighted by molar-refractivity contribution is 0.408. The highest BCUT2D eigenvalue weighted by atomic mass is 15.2. The van der Waals surface area contributed by atoms with Gasteiger partial charge in [-0.05, 0) is 33.7 Å². The van der Waals surface area contributed by atoms with E-state index in [9.17, 15) is 0 Å². The Labute approximate surface area is 57.0 Å².